The molecule has 150 valence electrons. The van der Waals surface area contributed by atoms with E-state index in [1.165, 1.54) is 10.6 Å². The Morgan fingerprint density at radius 2 is 1.93 bits per heavy atom. The molecule has 8 nitrogen and oxygen atoms in total. The van der Waals surface area contributed by atoms with Crippen LogP contribution in [0.1, 0.15) is 19.3 Å². The van der Waals surface area contributed by atoms with Gasteiger partial charge in [-0.1, -0.05) is 6.07 Å². The van der Waals surface area contributed by atoms with Crippen molar-refractivity contribution in [3.05, 3.63) is 59.1 Å². The molecular weight excluding hydrogens is 392 g/mol. The highest BCUT2D eigenvalue weighted by atomic mass is 32.2. The minimum Gasteiger partial charge on any atom is -0.457 e. The molecule has 1 saturated carbocycles. The van der Waals surface area contributed by atoms with Gasteiger partial charge in [0.05, 0.1) is 22.9 Å². The largest absolute Gasteiger partial charge is 0.457 e. The van der Waals surface area contributed by atoms with Gasteiger partial charge in [-0.2, -0.15) is 12.7 Å². The zero-order valence-corrected chi connectivity index (χ0v) is 16.4. The molecule has 1 aliphatic heterocycles. The number of hydrogen-bond acceptors (Lipinski definition) is 5. The van der Waals surface area contributed by atoms with Crippen LogP contribution in [-0.2, 0) is 10.2 Å². The number of nitrogens with one attached hydrogen (secondary N) is 2. The summed E-state index contributed by atoms with van der Waals surface area (Å²) in [5.74, 6) is 0.927. The van der Waals surface area contributed by atoms with Gasteiger partial charge in [0.25, 0.3) is 5.56 Å². The quantitative estimate of drug-likeness (QED) is 0.671. The van der Waals surface area contributed by atoms with Crippen LogP contribution in [0.3, 0.4) is 0 Å². The minimum absolute atomic E-state index is 0.225. The Labute approximate surface area is 167 Å². The standard InChI is InChI=1S/C20H20N4O4S/c25-19-17-11-16(4-5-18(17)21-13-22-19)28-15-3-1-2-14(10-15)23-29(26,27)24-9-8-20(12-24)6-7-20/h1-5,10-11,13,23H,6-9,12H2,(H,21,22,25). The monoisotopic (exact) mass is 412 g/mol. The molecule has 5 rings (SSSR count). The fourth-order valence-corrected chi connectivity index (χ4v) is 5.10. The number of aromatic amines is 1. The van der Waals surface area contributed by atoms with Crippen LogP contribution in [0.25, 0.3) is 10.9 Å². The van der Waals surface area contributed by atoms with E-state index in [9.17, 15) is 13.2 Å². The van der Waals surface area contributed by atoms with Gasteiger partial charge in [-0.05, 0) is 55.0 Å². The summed E-state index contributed by atoms with van der Waals surface area (Å²) in [4.78, 5) is 18.6. The molecule has 2 heterocycles. The van der Waals surface area contributed by atoms with Crippen molar-refractivity contribution in [2.45, 2.75) is 19.3 Å². The summed E-state index contributed by atoms with van der Waals surface area (Å²) in [5.41, 5.74) is 0.977. The highest BCUT2D eigenvalue weighted by Crippen LogP contribution is 2.53. The summed E-state index contributed by atoms with van der Waals surface area (Å²) in [6.45, 7) is 1.16. The third kappa shape index (κ3) is 3.58. The van der Waals surface area contributed by atoms with Crippen molar-refractivity contribution in [2.24, 2.45) is 5.41 Å². The lowest BCUT2D eigenvalue weighted by atomic mass is 10.1. The van der Waals surface area contributed by atoms with Crippen LogP contribution < -0.4 is 15.0 Å². The third-order valence-electron chi connectivity index (χ3n) is 5.63. The second-order valence-corrected chi connectivity index (χ2v) is 9.40. The van der Waals surface area contributed by atoms with Crippen LogP contribution in [0, 0.1) is 5.41 Å². The SMILES string of the molecule is O=c1[nH]cnc2ccc(Oc3cccc(NS(=O)(=O)N4CCC5(CC5)C4)c3)cc12. The molecule has 1 aliphatic carbocycles. The Morgan fingerprint density at radius 3 is 2.72 bits per heavy atom. The summed E-state index contributed by atoms with van der Waals surface area (Å²) in [7, 11) is -3.59. The fourth-order valence-electron chi connectivity index (χ4n) is 3.77. The molecule has 2 fully saturated rings. The number of aromatic nitrogens is 2. The van der Waals surface area contributed by atoms with Crippen LogP contribution in [0.5, 0.6) is 11.5 Å². The highest BCUT2D eigenvalue weighted by molar-refractivity contribution is 7.90. The Bertz CT molecular complexity index is 1250. The molecule has 0 bridgehead atoms. The van der Waals surface area contributed by atoms with Crippen molar-refractivity contribution < 1.29 is 13.2 Å². The average Bonchev–Trinajstić information content (AvgIpc) is 3.30. The summed E-state index contributed by atoms with van der Waals surface area (Å²) in [6, 6.07) is 11.8. The molecule has 3 aromatic rings. The van der Waals surface area contributed by atoms with Crippen LogP contribution in [0.4, 0.5) is 5.69 Å². The molecule has 0 unspecified atom stereocenters. The molecule has 2 N–H and O–H groups in total. The minimum atomic E-state index is -3.59. The van der Waals surface area contributed by atoms with Gasteiger partial charge in [-0.15, -0.1) is 0 Å². The van der Waals surface area contributed by atoms with E-state index in [0.29, 0.717) is 41.2 Å². The zero-order chi connectivity index (χ0) is 20.1. The number of nitrogens with zero attached hydrogens (tertiary/aromatic N) is 2. The molecular formula is C20H20N4O4S. The van der Waals surface area contributed by atoms with Gasteiger partial charge in [-0.25, -0.2) is 4.98 Å². The summed E-state index contributed by atoms with van der Waals surface area (Å²) in [6.07, 6.45) is 4.53. The summed E-state index contributed by atoms with van der Waals surface area (Å²) in [5, 5.41) is 0.421. The molecule has 1 aromatic heterocycles. The molecule has 1 spiro atoms. The Hall–Kier alpha value is -2.91. The predicted octanol–water partition coefficient (Wildman–Crippen LogP) is 2.86. The lowest BCUT2D eigenvalue weighted by Crippen LogP contribution is -2.34. The second-order valence-electron chi connectivity index (χ2n) is 7.73. The second kappa shape index (κ2) is 6.57. The number of benzene rings is 2. The number of H-pyrrole nitrogens is 1. The number of anilines is 1. The molecule has 0 radical (unpaired) electrons. The first-order valence-corrected chi connectivity index (χ1v) is 10.9. The maximum absolute atomic E-state index is 12.7. The topological polar surface area (TPSA) is 104 Å². The number of fused-ring (bicyclic) bond motifs is 1. The van der Waals surface area contributed by atoms with Gasteiger partial charge in [0.1, 0.15) is 11.5 Å². The molecule has 2 aromatic carbocycles. The highest BCUT2D eigenvalue weighted by Gasteiger charge is 2.50. The fraction of sp³-hybridized carbons (Fsp3) is 0.300. The molecule has 2 aliphatic rings. The van der Waals surface area contributed by atoms with E-state index in [1.54, 1.807) is 42.5 Å². The van der Waals surface area contributed by atoms with Crippen molar-refractivity contribution in [2.75, 3.05) is 17.8 Å². The Morgan fingerprint density at radius 1 is 1.10 bits per heavy atom. The van der Waals surface area contributed by atoms with E-state index >= 15 is 0 Å². The van der Waals surface area contributed by atoms with Gasteiger partial charge in [0.15, 0.2) is 0 Å². The number of rotatable bonds is 5. The zero-order valence-electron chi connectivity index (χ0n) is 15.6. The Balaban J connectivity index is 1.35. The maximum atomic E-state index is 12.7. The van der Waals surface area contributed by atoms with Crippen molar-refractivity contribution in [3.8, 4) is 11.5 Å². The number of hydrogen-bond donors (Lipinski definition) is 2. The van der Waals surface area contributed by atoms with Crippen molar-refractivity contribution >= 4 is 26.8 Å². The first-order valence-electron chi connectivity index (χ1n) is 9.46. The maximum Gasteiger partial charge on any atom is 0.301 e. The van der Waals surface area contributed by atoms with Crippen LogP contribution >= 0.6 is 0 Å². The first kappa shape index (κ1) is 18.1. The molecule has 29 heavy (non-hydrogen) atoms. The molecule has 1 saturated heterocycles. The predicted molar refractivity (Wildman–Crippen MR) is 109 cm³/mol. The van der Waals surface area contributed by atoms with E-state index in [-0.39, 0.29) is 11.0 Å². The summed E-state index contributed by atoms with van der Waals surface area (Å²) < 4.78 is 35.4. The van der Waals surface area contributed by atoms with Gasteiger partial charge < -0.3 is 9.72 Å². The van der Waals surface area contributed by atoms with Crippen LogP contribution in [-0.4, -0.2) is 35.8 Å². The van der Waals surface area contributed by atoms with E-state index in [0.717, 1.165) is 19.3 Å². The lowest BCUT2D eigenvalue weighted by molar-refractivity contribution is 0.455. The third-order valence-corrected chi connectivity index (χ3v) is 7.11. The molecule has 0 atom stereocenters. The van der Waals surface area contributed by atoms with E-state index < -0.39 is 10.2 Å². The van der Waals surface area contributed by atoms with Crippen molar-refractivity contribution in [1.29, 1.82) is 0 Å². The van der Waals surface area contributed by atoms with E-state index in [2.05, 4.69) is 14.7 Å². The van der Waals surface area contributed by atoms with Crippen molar-refractivity contribution in [1.82, 2.24) is 14.3 Å². The van der Waals surface area contributed by atoms with Crippen LogP contribution in [0.2, 0.25) is 0 Å². The van der Waals surface area contributed by atoms with Gasteiger partial charge >= 0.3 is 10.2 Å². The Kier molecular flexibility index (Phi) is 4.11. The summed E-state index contributed by atoms with van der Waals surface area (Å²) >= 11 is 0. The van der Waals surface area contributed by atoms with Gasteiger partial charge in [0.2, 0.25) is 0 Å². The smallest absolute Gasteiger partial charge is 0.301 e. The normalized spacial score (nSPS) is 18.2. The van der Waals surface area contributed by atoms with Crippen LogP contribution in [0.15, 0.2) is 53.6 Å². The molecule has 9 heteroatoms. The van der Waals surface area contributed by atoms with Crippen molar-refractivity contribution in [3.63, 3.8) is 0 Å². The number of ether oxygens (including phenoxy) is 1. The van der Waals surface area contributed by atoms with E-state index in [4.69, 9.17) is 4.74 Å². The average molecular weight is 412 g/mol. The van der Waals surface area contributed by atoms with Gasteiger partial charge in [0, 0.05) is 19.2 Å². The first-order chi connectivity index (χ1) is 13.9. The molecule has 0 amide bonds. The van der Waals surface area contributed by atoms with Gasteiger partial charge in [-0.3, -0.25) is 9.52 Å². The van der Waals surface area contributed by atoms with E-state index in [1.807, 2.05) is 0 Å². The lowest BCUT2D eigenvalue weighted by Gasteiger charge is -2.18.